The quantitative estimate of drug-likeness (QED) is 0.564. The molecule has 0 spiro atoms. The summed E-state index contributed by atoms with van der Waals surface area (Å²) in [6.45, 7) is 4.59. The van der Waals surface area contributed by atoms with Gasteiger partial charge in [-0.1, -0.05) is 12.1 Å². The number of carbonyl (C=O) groups excluding carboxylic acids is 1. The Morgan fingerprint density at radius 2 is 1.71 bits per heavy atom. The standard InChI is InChI=1S/C25H34N2O6S/c1-17-9-10-18(2)23(12-17)34(29,30)27-11-7-8-20(16-27)25(28)26(3)15-19-13-21(31-4)24(33-6)22(14-19)32-5/h9-10,12-14,20H,7-8,11,15-16H2,1-6H3/t20-/m0/s1. The molecule has 8 nitrogen and oxygen atoms in total. The molecule has 1 heterocycles. The third-order valence-electron chi connectivity index (χ3n) is 6.22. The number of piperidine rings is 1. The van der Waals surface area contributed by atoms with Crippen LogP contribution in [0.25, 0.3) is 0 Å². The molecule has 186 valence electrons. The molecule has 0 bridgehead atoms. The second kappa shape index (κ2) is 10.7. The first-order chi connectivity index (χ1) is 16.1. The highest BCUT2D eigenvalue weighted by molar-refractivity contribution is 7.89. The van der Waals surface area contributed by atoms with Gasteiger partial charge in [-0.15, -0.1) is 0 Å². The first kappa shape index (κ1) is 25.8. The maximum absolute atomic E-state index is 13.4. The number of hydrogen-bond acceptors (Lipinski definition) is 6. The molecule has 2 aromatic rings. The van der Waals surface area contributed by atoms with Gasteiger partial charge in [0, 0.05) is 26.7 Å². The molecule has 0 aromatic heterocycles. The summed E-state index contributed by atoms with van der Waals surface area (Å²) in [5.41, 5.74) is 2.42. The molecule has 1 aliphatic rings. The lowest BCUT2D eigenvalue weighted by molar-refractivity contribution is -0.135. The van der Waals surface area contributed by atoms with Crippen LogP contribution in [0, 0.1) is 19.8 Å². The van der Waals surface area contributed by atoms with Gasteiger partial charge in [-0.2, -0.15) is 4.31 Å². The van der Waals surface area contributed by atoms with Crippen LogP contribution in [0.3, 0.4) is 0 Å². The highest BCUT2D eigenvalue weighted by Crippen LogP contribution is 2.38. The Morgan fingerprint density at radius 3 is 2.29 bits per heavy atom. The number of methoxy groups -OCH3 is 3. The van der Waals surface area contributed by atoms with Gasteiger partial charge in [0.15, 0.2) is 11.5 Å². The Labute approximate surface area is 202 Å². The van der Waals surface area contributed by atoms with Crippen molar-refractivity contribution >= 4 is 15.9 Å². The van der Waals surface area contributed by atoms with Crippen molar-refractivity contribution in [2.75, 3.05) is 41.5 Å². The molecular weight excluding hydrogens is 456 g/mol. The lowest BCUT2D eigenvalue weighted by Gasteiger charge is -2.33. The van der Waals surface area contributed by atoms with Crippen LogP contribution in [-0.2, 0) is 21.4 Å². The third-order valence-corrected chi connectivity index (χ3v) is 8.22. The minimum Gasteiger partial charge on any atom is -0.493 e. The minimum absolute atomic E-state index is 0.0883. The Morgan fingerprint density at radius 1 is 1.06 bits per heavy atom. The Kier molecular flexibility index (Phi) is 8.09. The lowest BCUT2D eigenvalue weighted by Crippen LogP contribution is -2.45. The van der Waals surface area contributed by atoms with E-state index in [9.17, 15) is 13.2 Å². The van der Waals surface area contributed by atoms with E-state index in [1.54, 1.807) is 39.2 Å². The largest absolute Gasteiger partial charge is 0.493 e. The molecule has 1 aliphatic heterocycles. The number of rotatable bonds is 8. The lowest BCUT2D eigenvalue weighted by atomic mass is 9.98. The summed E-state index contributed by atoms with van der Waals surface area (Å²) < 4.78 is 44.3. The zero-order chi connectivity index (χ0) is 25.0. The van der Waals surface area contributed by atoms with Gasteiger partial charge in [0.2, 0.25) is 21.7 Å². The topological polar surface area (TPSA) is 85.4 Å². The van der Waals surface area contributed by atoms with Crippen LogP contribution in [0.2, 0.25) is 0 Å². The van der Waals surface area contributed by atoms with Gasteiger partial charge in [0.1, 0.15) is 0 Å². The van der Waals surface area contributed by atoms with E-state index in [2.05, 4.69) is 0 Å². The summed E-state index contributed by atoms with van der Waals surface area (Å²) in [5, 5.41) is 0. The first-order valence-electron chi connectivity index (χ1n) is 11.2. The SMILES string of the molecule is COc1cc(CN(C)C(=O)[C@H]2CCCN(S(=O)(=O)c3cc(C)ccc3C)C2)cc(OC)c1OC. The van der Waals surface area contributed by atoms with E-state index in [1.807, 2.05) is 31.2 Å². The van der Waals surface area contributed by atoms with Gasteiger partial charge in [-0.3, -0.25) is 4.79 Å². The number of benzene rings is 2. The van der Waals surface area contributed by atoms with Gasteiger partial charge in [-0.05, 0) is 61.6 Å². The molecule has 1 saturated heterocycles. The number of hydrogen-bond donors (Lipinski definition) is 0. The van der Waals surface area contributed by atoms with Crippen molar-refractivity contribution < 1.29 is 27.4 Å². The Balaban J connectivity index is 1.77. The predicted octanol–water partition coefficient (Wildman–Crippen LogP) is 3.39. The second-order valence-electron chi connectivity index (χ2n) is 8.70. The number of amides is 1. The van der Waals surface area contributed by atoms with E-state index in [0.717, 1.165) is 11.1 Å². The maximum Gasteiger partial charge on any atom is 0.243 e. The summed E-state index contributed by atoms with van der Waals surface area (Å²) in [6.07, 6.45) is 1.29. The van der Waals surface area contributed by atoms with Gasteiger partial charge < -0.3 is 19.1 Å². The van der Waals surface area contributed by atoms with Crippen LogP contribution in [0.4, 0.5) is 0 Å². The van der Waals surface area contributed by atoms with Crippen molar-refractivity contribution in [2.24, 2.45) is 5.92 Å². The Hall–Kier alpha value is -2.78. The molecule has 2 aromatic carbocycles. The predicted molar refractivity (Wildman–Crippen MR) is 130 cm³/mol. The van der Waals surface area contributed by atoms with Crippen molar-refractivity contribution in [1.29, 1.82) is 0 Å². The summed E-state index contributed by atoms with van der Waals surface area (Å²) >= 11 is 0. The highest BCUT2D eigenvalue weighted by Gasteiger charge is 2.35. The monoisotopic (exact) mass is 490 g/mol. The van der Waals surface area contributed by atoms with Crippen molar-refractivity contribution in [1.82, 2.24) is 9.21 Å². The van der Waals surface area contributed by atoms with Crippen molar-refractivity contribution in [2.45, 2.75) is 38.1 Å². The van der Waals surface area contributed by atoms with Crippen LogP contribution in [0.1, 0.15) is 29.5 Å². The fraction of sp³-hybridized carbons (Fsp3) is 0.480. The summed E-state index contributed by atoms with van der Waals surface area (Å²) in [6, 6.07) is 9.04. The van der Waals surface area contributed by atoms with E-state index >= 15 is 0 Å². The molecule has 0 N–H and O–H groups in total. The summed E-state index contributed by atoms with van der Waals surface area (Å²) in [5.74, 6) is 1.03. The molecule has 1 amide bonds. The van der Waals surface area contributed by atoms with Crippen LogP contribution in [-0.4, -0.2) is 65.0 Å². The average molecular weight is 491 g/mol. The van der Waals surface area contributed by atoms with Crippen molar-refractivity contribution in [3.63, 3.8) is 0 Å². The van der Waals surface area contributed by atoms with E-state index in [0.29, 0.717) is 53.6 Å². The van der Waals surface area contributed by atoms with Gasteiger partial charge in [0.05, 0.1) is 32.1 Å². The second-order valence-corrected chi connectivity index (χ2v) is 10.6. The van der Waals surface area contributed by atoms with E-state index in [1.165, 1.54) is 11.4 Å². The highest BCUT2D eigenvalue weighted by atomic mass is 32.2. The average Bonchev–Trinajstić information content (AvgIpc) is 2.84. The molecule has 34 heavy (non-hydrogen) atoms. The van der Waals surface area contributed by atoms with Crippen LogP contribution in [0.5, 0.6) is 17.2 Å². The molecule has 0 radical (unpaired) electrons. The van der Waals surface area contributed by atoms with Crippen molar-refractivity contribution in [3.05, 3.63) is 47.0 Å². The van der Waals surface area contributed by atoms with E-state index in [4.69, 9.17) is 14.2 Å². The number of aryl methyl sites for hydroxylation is 2. The van der Waals surface area contributed by atoms with E-state index in [-0.39, 0.29) is 12.5 Å². The molecular formula is C25H34N2O6S. The number of nitrogens with zero attached hydrogens (tertiary/aromatic N) is 2. The van der Waals surface area contributed by atoms with Gasteiger partial charge in [0.25, 0.3) is 0 Å². The van der Waals surface area contributed by atoms with Crippen molar-refractivity contribution in [3.8, 4) is 17.2 Å². The zero-order valence-corrected chi connectivity index (χ0v) is 21.6. The fourth-order valence-corrected chi connectivity index (χ4v) is 6.21. The summed E-state index contributed by atoms with van der Waals surface area (Å²) in [4.78, 5) is 15.2. The molecule has 3 rings (SSSR count). The van der Waals surface area contributed by atoms with Crippen LogP contribution in [0.15, 0.2) is 35.2 Å². The van der Waals surface area contributed by atoms with Gasteiger partial charge >= 0.3 is 0 Å². The third kappa shape index (κ3) is 5.31. The molecule has 0 unspecified atom stereocenters. The minimum atomic E-state index is -3.68. The molecule has 9 heteroatoms. The normalized spacial score (nSPS) is 16.7. The molecule has 1 fully saturated rings. The Bertz CT molecular complexity index is 1120. The fourth-order valence-electron chi connectivity index (χ4n) is 4.38. The van der Waals surface area contributed by atoms with Crippen LogP contribution >= 0.6 is 0 Å². The van der Waals surface area contributed by atoms with Gasteiger partial charge in [-0.25, -0.2) is 8.42 Å². The van der Waals surface area contributed by atoms with Crippen LogP contribution < -0.4 is 14.2 Å². The van der Waals surface area contributed by atoms with E-state index < -0.39 is 15.9 Å². The first-order valence-corrected chi connectivity index (χ1v) is 12.7. The number of sulfonamides is 1. The number of ether oxygens (including phenoxy) is 3. The molecule has 0 aliphatic carbocycles. The smallest absolute Gasteiger partial charge is 0.243 e. The molecule has 0 saturated carbocycles. The zero-order valence-electron chi connectivity index (χ0n) is 20.8. The summed E-state index contributed by atoms with van der Waals surface area (Å²) in [7, 11) is 2.68. The maximum atomic E-state index is 13.4. The number of carbonyl (C=O) groups is 1. The molecule has 1 atom stereocenters.